The second-order valence-electron chi connectivity index (χ2n) is 6.66. The second-order valence-corrected chi connectivity index (χ2v) is 6.66. The lowest BCUT2D eigenvalue weighted by molar-refractivity contribution is -0.120. The molecule has 0 aromatic heterocycles. The summed E-state index contributed by atoms with van der Waals surface area (Å²) in [4.78, 5) is 12.1. The SMILES string of the molecule is N#Cc1ccc([C@H](N[C@@H](C[C@H]2CCOC2)c2ccccc2)C(N)=O)cc1. The van der Waals surface area contributed by atoms with Crippen LogP contribution >= 0.6 is 0 Å². The molecule has 0 radical (unpaired) electrons. The Balaban J connectivity index is 1.83. The first-order valence-corrected chi connectivity index (χ1v) is 8.85. The first kappa shape index (κ1) is 18.1. The molecule has 1 heterocycles. The zero-order valence-corrected chi connectivity index (χ0v) is 14.6. The molecule has 1 aliphatic rings. The number of nitrogens with zero attached hydrogens (tertiary/aromatic N) is 1. The highest BCUT2D eigenvalue weighted by Crippen LogP contribution is 2.29. The highest BCUT2D eigenvalue weighted by atomic mass is 16.5. The van der Waals surface area contributed by atoms with Crippen molar-refractivity contribution in [3.05, 3.63) is 71.3 Å². The van der Waals surface area contributed by atoms with E-state index in [0.717, 1.165) is 37.2 Å². The first-order chi connectivity index (χ1) is 12.7. The molecule has 1 amide bonds. The summed E-state index contributed by atoms with van der Waals surface area (Å²) in [7, 11) is 0. The van der Waals surface area contributed by atoms with E-state index in [-0.39, 0.29) is 6.04 Å². The average Bonchev–Trinajstić information content (AvgIpc) is 3.19. The van der Waals surface area contributed by atoms with Crippen LogP contribution in [0.3, 0.4) is 0 Å². The second kappa shape index (κ2) is 8.61. The zero-order valence-electron chi connectivity index (χ0n) is 14.6. The Labute approximate surface area is 153 Å². The maximum Gasteiger partial charge on any atom is 0.239 e. The molecule has 134 valence electrons. The van der Waals surface area contributed by atoms with Gasteiger partial charge in [-0.15, -0.1) is 0 Å². The van der Waals surface area contributed by atoms with E-state index < -0.39 is 11.9 Å². The van der Waals surface area contributed by atoms with Crippen molar-refractivity contribution in [2.75, 3.05) is 13.2 Å². The van der Waals surface area contributed by atoms with Gasteiger partial charge in [0.2, 0.25) is 5.91 Å². The van der Waals surface area contributed by atoms with Crippen molar-refractivity contribution in [1.82, 2.24) is 5.32 Å². The van der Waals surface area contributed by atoms with Crippen LogP contribution in [0.15, 0.2) is 54.6 Å². The number of hydrogen-bond donors (Lipinski definition) is 2. The van der Waals surface area contributed by atoms with Gasteiger partial charge >= 0.3 is 0 Å². The smallest absolute Gasteiger partial charge is 0.239 e. The van der Waals surface area contributed by atoms with Crippen molar-refractivity contribution in [3.63, 3.8) is 0 Å². The Hall–Kier alpha value is -2.68. The van der Waals surface area contributed by atoms with Crippen molar-refractivity contribution >= 4 is 5.91 Å². The summed E-state index contributed by atoms with van der Waals surface area (Å²) < 4.78 is 5.51. The molecule has 26 heavy (non-hydrogen) atoms. The van der Waals surface area contributed by atoms with Crippen LogP contribution in [0.4, 0.5) is 0 Å². The minimum atomic E-state index is -0.615. The number of nitrogens with two attached hydrogens (primary N) is 1. The highest BCUT2D eigenvalue weighted by molar-refractivity contribution is 5.81. The summed E-state index contributed by atoms with van der Waals surface area (Å²) in [6.07, 6.45) is 1.91. The third kappa shape index (κ3) is 4.48. The van der Waals surface area contributed by atoms with Crippen molar-refractivity contribution in [2.45, 2.75) is 24.9 Å². The van der Waals surface area contributed by atoms with Crippen molar-refractivity contribution < 1.29 is 9.53 Å². The Bertz CT molecular complexity index is 762. The molecule has 0 bridgehead atoms. The molecule has 2 aromatic carbocycles. The normalized spacial score (nSPS) is 18.8. The predicted molar refractivity (Wildman–Crippen MR) is 99.0 cm³/mol. The topological polar surface area (TPSA) is 88.1 Å². The van der Waals surface area contributed by atoms with Gasteiger partial charge in [0, 0.05) is 19.3 Å². The summed E-state index contributed by atoms with van der Waals surface area (Å²) in [6.45, 7) is 1.55. The van der Waals surface area contributed by atoms with Gasteiger partial charge in [-0.2, -0.15) is 5.26 Å². The fraction of sp³-hybridized carbons (Fsp3) is 0.333. The molecular weight excluding hydrogens is 326 g/mol. The van der Waals surface area contributed by atoms with Gasteiger partial charge in [-0.25, -0.2) is 0 Å². The van der Waals surface area contributed by atoms with Crippen molar-refractivity contribution in [2.24, 2.45) is 11.7 Å². The number of nitriles is 1. The minimum Gasteiger partial charge on any atom is -0.381 e. The number of nitrogens with one attached hydrogen (secondary N) is 1. The molecule has 0 unspecified atom stereocenters. The molecule has 1 fully saturated rings. The standard InChI is InChI=1S/C21H23N3O2/c22-13-15-6-8-18(9-7-15)20(21(23)25)24-19(12-16-10-11-26-14-16)17-4-2-1-3-5-17/h1-9,16,19-20,24H,10-12,14H2,(H2,23,25)/t16-,19+,20+/m1/s1. The van der Waals surface area contributed by atoms with Gasteiger partial charge < -0.3 is 10.5 Å². The molecule has 5 heteroatoms. The lowest BCUT2D eigenvalue weighted by Crippen LogP contribution is -2.37. The number of ether oxygens (including phenoxy) is 1. The molecule has 0 spiro atoms. The van der Waals surface area contributed by atoms with Gasteiger partial charge in [0.05, 0.1) is 11.6 Å². The fourth-order valence-corrected chi connectivity index (χ4v) is 3.38. The van der Waals surface area contributed by atoms with Crippen LogP contribution in [0, 0.1) is 17.2 Å². The lowest BCUT2D eigenvalue weighted by atomic mass is 9.92. The van der Waals surface area contributed by atoms with E-state index in [4.69, 9.17) is 15.7 Å². The molecule has 3 rings (SSSR count). The Kier molecular flexibility index (Phi) is 6.00. The van der Waals surface area contributed by atoms with E-state index in [2.05, 4.69) is 23.5 Å². The van der Waals surface area contributed by atoms with Crippen LogP contribution in [-0.4, -0.2) is 19.1 Å². The summed E-state index contributed by atoms with van der Waals surface area (Å²) in [5.74, 6) is 0.0282. The highest BCUT2D eigenvalue weighted by Gasteiger charge is 2.26. The van der Waals surface area contributed by atoms with Crippen LogP contribution < -0.4 is 11.1 Å². The maximum absolute atomic E-state index is 12.1. The number of amides is 1. The van der Waals surface area contributed by atoms with Gasteiger partial charge in [-0.3, -0.25) is 10.1 Å². The molecular formula is C21H23N3O2. The molecule has 1 saturated heterocycles. The Morgan fingerprint density at radius 2 is 1.92 bits per heavy atom. The van der Waals surface area contributed by atoms with Gasteiger partial charge in [0.1, 0.15) is 6.04 Å². The lowest BCUT2D eigenvalue weighted by Gasteiger charge is -2.26. The van der Waals surface area contributed by atoms with Crippen LogP contribution in [0.1, 0.15) is 41.6 Å². The van der Waals surface area contributed by atoms with E-state index in [1.807, 2.05) is 18.2 Å². The van der Waals surface area contributed by atoms with Gasteiger partial charge in [0.15, 0.2) is 0 Å². The monoisotopic (exact) mass is 349 g/mol. The molecule has 3 atom stereocenters. The third-order valence-corrected chi connectivity index (χ3v) is 4.82. The number of carbonyl (C=O) groups is 1. The Morgan fingerprint density at radius 1 is 1.19 bits per heavy atom. The van der Waals surface area contributed by atoms with Gasteiger partial charge in [-0.1, -0.05) is 42.5 Å². The summed E-state index contributed by atoms with van der Waals surface area (Å²) in [5.41, 5.74) is 8.13. The van der Waals surface area contributed by atoms with E-state index in [9.17, 15) is 4.79 Å². The summed E-state index contributed by atoms with van der Waals surface area (Å²) in [6, 6.07) is 18.5. The zero-order chi connectivity index (χ0) is 18.4. The Morgan fingerprint density at radius 3 is 2.50 bits per heavy atom. The van der Waals surface area contributed by atoms with Crippen LogP contribution in [0.2, 0.25) is 0 Å². The van der Waals surface area contributed by atoms with Gasteiger partial charge in [0.25, 0.3) is 0 Å². The van der Waals surface area contributed by atoms with E-state index in [0.29, 0.717) is 11.5 Å². The molecule has 5 nitrogen and oxygen atoms in total. The molecule has 0 saturated carbocycles. The fourth-order valence-electron chi connectivity index (χ4n) is 3.38. The van der Waals surface area contributed by atoms with Crippen molar-refractivity contribution in [1.29, 1.82) is 5.26 Å². The average molecular weight is 349 g/mol. The summed E-state index contributed by atoms with van der Waals surface area (Å²) >= 11 is 0. The first-order valence-electron chi connectivity index (χ1n) is 8.85. The third-order valence-electron chi connectivity index (χ3n) is 4.82. The molecule has 3 N–H and O–H groups in total. The minimum absolute atomic E-state index is 0.00366. The number of rotatable bonds is 7. The van der Waals surface area contributed by atoms with Crippen LogP contribution in [0.25, 0.3) is 0 Å². The molecule has 0 aliphatic carbocycles. The number of carbonyl (C=O) groups excluding carboxylic acids is 1. The summed E-state index contributed by atoms with van der Waals surface area (Å²) in [5, 5.41) is 12.4. The molecule has 1 aliphatic heterocycles. The largest absolute Gasteiger partial charge is 0.381 e. The van der Waals surface area contributed by atoms with E-state index in [1.54, 1.807) is 24.3 Å². The van der Waals surface area contributed by atoms with E-state index in [1.165, 1.54) is 0 Å². The number of benzene rings is 2. The van der Waals surface area contributed by atoms with Crippen LogP contribution in [-0.2, 0) is 9.53 Å². The number of hydrogen-bond acceptors (Lipinski definition) is 4. The van der Waals surface area contributed by atoms with Gasteiger partial charge in [-0.05, 0) is 42.0 Å². The maximum atomic E-state index is 12.1. The molecule has 2 aromatic rings. The van der Waals surface area contributed by atoms with E-state index >= 15 is 0 Å². The van der Waals surface area contributed by atoms with Crippen molar-refractivity contribution in [3.8, 4) is 6.07 Å². The predicted octanol–water partition coefficient (Wildman–Crippen LogP) is 2.84. The quantitative estimate of drug-likeness (QED) is 0.804. The van der Waals surface area contributed by atoms with Crippen LogP contribution in [0.5, 0.6) is 0 Å². The number of primary amides is 1.